The number of oxazole rings is 1. The third-order valence-electron chi connectivity index (χ3n) is 8.03. The van der Waals surface area contributed by atoms with Gasteiger partial charge in [0.25, 0.3) is 0 Å². The number of benzene rings is 1. The largest absolute Gasteiger partial charge is 0.484 e. The van der Waals surface area contributed by atoms with Crippen molar-refractivity contribution in [2.24, 2.45) is 0 Å². The topological polar surface area (TPSA) is 126 Å². The Morgan fingerprint density at radius 2 is 2.05 bits per heavy atom. The molecule has 3 aromatic rings. The van der Waals surface area contributed by atoms with Gasteiger partial charge in [0.15, 0.2) is 17.9 Å². The number of hydrogen-bond acceptors (Lipinski definition) is 11. The number of anilines is 2. The van der Waals surface area contributed by atoms with Crippen molar-refractivity contribution in [2.75, 3.05) is 49.6 Å². The molecule has 2 aromatic heterocycles. The minimum atomic E-state index is -0.636. The van der Waals surface area contributed by atoms with E-state index in [1.807, 2.05) is 12.1 Å². The number of β-amino-alcohol motifs (C(OH)–C–C–N with tert-alkyl or cyclic N) is 1. The van der Waals surface area contributed by atoms with Gasteiger partial charge in [0.1, 0.15) is 23.9 Å². The van der Waals surface area contributed by atoms with Crippen LogP contribution in [0.25, 0.3) is 0 Å². The van der Waals surface area contributed by atoms with Gasteiger partial charge in [-0.25, -0.2) is 9.97 Å². The van der Waals surface area contributed by atoms with Gasteiger partial charge in [-0.2, -0.15) is 4.98 Å². The molecule has 5 heterocycles. The number of aliphatic hydroxyl groups excluding tert-OH is 1. The molecule has 2 fully saturated rings. The molecule has 12 heteroatoms. The second-order valence-electron chi connectivity index (χ2n) is 11.2. The average molecular weight is 597 g/mol. The molecule has 3 aliphatic heterocycles. The molecule has 1 atom stereocenters. The second kappa shape index (κ2) is 13.4. The minimum Gasteiger partial charge on any atom is -0.484 e. The first-order chi connectivity index (χ1) is 20.5. The number of Topliss-reactive ketones (excluding diaryl/α,β-unsaturated/α-hetero) is 1. The lowest BCUT2D eigenvalue weighted by Gasteiger charge is -2.31. The van der Waals surface area contributed by atoms with Crippen LogP contribution in [0, 0.1) is 0 Å². The van der Waals surface area contributed by atoms with Gasteiger partial charge in [-0.3, -0.25) is 9.69 Å². The van der Waals surface area contributed by atoms with Gasteiger partial charge < -0.3 is 29.2 Å². The van der Waals surface area contributed by atoms with E-state index < -0.39 is 6.10 Å². The monoisotopic (exact) mass is 596 g/mol. The Morgan fingerprint density at radius 3 is 2.81 bits per heavy atom. The van der Waals surface area contributed by atoms with Crippen molar-refractivity contribution in [3.05, 3.63) is 58.4 Å². The van der Waals surface area contributed by atoms with Gasteiger partial charge in [0.2, 0.25) is 5.95 Å². The van der Waals surface area contributed by atoms with Crippen LogP contribution in [-0.2, 0) is 24.3 Å². The number of aromatic nitrogens is 3. The standard InChI is InChI=1S/C30H37ClN6O5/c31-29-24-8-11-36(14-20(24)4-7-27(29)41-18-23-13-32-19-42-23)15-22(38)5-6-26(39)25-12-28(33-21-16-40-17-21)35-30(34-25)37-9-2-1-3-10-37/h4,7,12-13,19,21-22,38H,1-3,5-6,8-11,14-18H2,(H,33,34,35)/t22-/m0/s1. The summed E-state index contributed by atoms with van der Waals surface area (Å²) in [6.07, 6.45) is 7.07. The highest BCUT2D eigenvalue weighted by Crippen LogP contribution is 2.34. The fourth-order valence-electron chi connectivity index (χ4n) is 5.61. The molecule has 42 heavy (non-hydrogen) atoms. The number of halogens is 1. The number of fused-ring (bicyclic) bond motifs is 1. The van der Waals surface area contributed by atoms with E-state index in [0.29, 0.717) is 66.7 Å². The first-order valence-corrected chi connectivity index (χ1v) is 15.1. The predicted molar refractivity (Wildman–Crippen MR) is 157 cm³/mol. The Bertz CT molecular complexity index is 1360. The number of ketones is 1. The summed E-state index contributed by atoms with van der Waals surface area (Å²) in [6, 6.07) is 5.82. The predicted octanol–water partition coefficient (Wildman–Crippen LogP) is 3.88. The molecular weight excluding hydrogens is 560 g/mol. The smallest absolute Gasteiger partial charge is 0.227 e. The molecule has 6 rings (SSSR count). The van der Waals surface area contributed by atoms with Crippen molar-refractivity contribution in [3.63, 3.8) is 0 Å². The van der Waals surface area contributed by atoms with Gasteiger partial charge >= 0.3 is 0 Å². The number of nitrogens with one attached hydrogen (secondary N) is 1. The van der Waals surface area contributed by atoms with E-state index in [9.17, 15) is 9.90 Å². The number of ether oxygens (including phenoxy) is 2. The SMILES string of the molecule is O=C(CC[C@H](O)CN1CCc2c(ccc(OCc3cnco3)c2Cl)C1)c1cc(NC2COC2)nc(N2CCCCC2)n1. The zero-order chi connectivity index (χ0) is 28.9. The number of hydrogen-bond donors (Lipinski definition) is 2. The molecule has 0 aliphatic carbocycles. The normalized spacial score (nSPS) is 18.3. The molecule has 0 unspecified atom stereocenters. The Hall–Kier alpha value is -3.25. The van der Waals surface area contributed by atoms with Gasteiger partial charge in [-0.15, -0.1) is 0 Å². The van der Waals surface area contributed by atoms with Crippen LogP contribution in [0.15, 0.2) is 35.2 Å². The summed E-state index contributed by atoms with van der Waals surface area (Å²) in [5, 5.41) is 14.8. The Morgan fingerprint density at radius 1 is 1.19 bits per heavy atom. The number of aliphatic hydroxyl groups is 1. The van der Waals surface area contributed by atoms with Crippen LogP contribution in [0.3, 0.4) is 0 Å². The maximum Gasteiger partial charge on any atom is 0.227 e. The summed E-state index contributed by atoms with van der Waals surface area (Å²) in [4.78, 5) is 30.8. The summed E-state index contributed by atoms with van der Waals surface area (Å²) in [5.41, 5.74) is 2.58. The van der Waals surface area contributed by atoms with Crippen LogP contribution in [-0.4, -0.2) is 82.3 Å². The summed E-state index contributed by atoms with van der Waals surface area (Å²) in [5.74, 6) is 2.41. The third kappa shape index (κ3) is 7.03. The maximum atomic E-state index is 13.2. The fraction of sp³-hybridized carbons (Fsp3) is 0.533. The Kier molecular flexibility index (Phi) is 9.18. The molecule has 0 radical (unpaired) electrons. The highest BCUT2D eigenvalue weighted by atomic mass is 35.5. The number of carbonyl (C=O) groups is 1. The van der Waals surface area contributed by atoms with Crippen LogP contribution in [0.1, 0.15) is 59.5 Å². The van der Waals surface area contributed by atoms with Crippen LogP contribution >= 0.6 is 11.6 Å². The highest BCUT2D eigenvalue weighted by Gasteiger charge is 2.25. The first-order valence-electron chi connectivity index (χ1n) is 14.7. The van der Waals surface area contributed by atoms with Crippen LogP contribution in [0.5, 0.6) is 5.75 Å². The van der Waals surface area contributed by atoms with Gasteiger partial charge in [-0.1, -0.05) is 17.7 Å². The van der Waals surface area contributed by atoms with E-state index >= 15 is 0 Å². The van der Waals surface area contributed by atoms with Crippen LogP contribution < -0.4 is 15.0 Å². The van der Waals surface area contributed by atoms with E-state index in [2.05, 4.69) is 25.1 Å². The minimum absolute atomic E-state index is 0.0868. The molecule has 0 amide bonds. The third-order valence-corrected chi connectivity index (χ3v) is 8.45. The number of piperidine rings is 1. The van der Waals surface area contributed by atoms with Crippen LogP contribution in [0.2, 0.25) is 5.02 Å². The zero-order valence-electron chi connectivity index (χ0n) is 23.6. The van der Waals surface area contributed by atoms with Crippen molar-refractivity contribution in [1.29, 1.82) is 0 Å². The lowest BCUT2D eigenvalue weighted by molar-refractivity contribution is 0.0209. The first kappa shape index (κ1) is 28.9. The number of nitrogens with zero attached hydrogens (tertiary/aromatic N) is 5. The maximum absolute atomic E-state index is 13.2. The van der Waals surface area contributed by atoms with Gasteiger partial charge in [0.05, 0.1) is 36.6 Å². The van der Waals surface area contributed by atoms with E-state index in [1.54, 1.807) is 12.3 Å². The summed E-state index contributed by atoms with van der Waals surface area (Å²) < 4.78 is 16.3. The molecule has 11 nitrogen and oxygen atoms in total. The van der Waals surface area contributed by atoms with Crippen molar-refractivity contribution >= 4 is 29.2 Å². The molecule has 1 aromatic carbocycles. The molecule has 2 saturated heterocycles. The van der Waals surface area contributed by atoms with Gasteiger partial charge in [0, 0.05) is 45.2 Å². The Balaban J connectivity index is 1.03. The van der Waals surface area contributed by atoms with Crippen molar-refractivity contribution in [1.82, 2.24) is 19.9 Å². The van der Waals surface area contributed by atoms with E-state index in [4.69, 9.17) is 30.5 Å². The van der Waals surface area contributed by atoms with E-state index in [-0.39, 0.29) is 24.9 Å². The Labute approximate surface area is 250 Å². The summed E-state index contributed by atoms with van der Waals surface area (Å²) in [6.45, 7) is 5.21. The lowest BCUT2D eigenvalue weighted by Crippen LogP contribution is -2.40. The van der Waals surface area contributed by atoms with Crippen molar-refractivity contribution in [3.8, 4) is 5.75 Å². The number of rotatable bonds is 12. The fourth-order valence-corrected chi connectivity index (χ4v) is 5.94. The van der Waals surface area contributed by atoms with E-state index in [1.165, 1.54) is 12.8 Å². The molecule has 3 aliphatic rings. The zero-order valence-corrected chi connectivity index (χ0v) is 24.4. The van der Waals surface area contributed by atoms with Crippen LogP contribution in [0.4, 0.5) is 11.8 Å². The average Bonchev–Trinajstić information content (AvgIpc) is 3.51. The summed E-state index contributed by atoms with van der Waals surface area (Å²) in [7, 11) is 0. The van der Waals surface area contributed by atoms with E-state index in [0.717, 1.165) is 50.0 Å². The molecule has 0 saturated carbocycles. The quantitative estimate of drug-likeness (QED) is 0.296. The second-order valence-corrected chi connectivity index (χ2v) is 11.6. The van der Waals surface area contributed by atoms with Crippen molar-refractivity contribution in [2.45, 2.75) is 63.8 Å². The molecule has 0 spiro atoms. The molecule has 224 valence electrons. The molecule has 2 N–H and O–H groups in total. The van der Waals surface area contributed by atoms with Gasteiger partial charge in [-0.05, 0) is 49.3 Å². The number of carbonyl (C=O) groups excluding carboxylic acids is 1. The van der Waals surface area contributed by atoms with Crippen molar-refractivity contribution < 1.29 is 23.8 Å². The highest BCUT2D eigenvalue weighted by molar-refractivity contribution is 6.33. The molecule has 0 bridgehead atoms. The molecular formula is C30H37ClN6O5. The summed E-state index contributed by atoms with van der Waals surface area (Å²) >= 11 is 6.67. The lowest BCUT2D eigenvalue weighted by atomic mass is 9.98.